The normalized spacial score (nSPS) is 13.2. The lowest BCUT2D eigenvalue weighted by Gasteiger charge is -2.18. The van der Waals surface area contributed by atoms with Crippen LogP contribution in [0.1, 0.15) is 15.9 Å². The van der Waals surface area contributed by atoms with Gasteiger partial charge >= 0.3 is 0 Å². The topological polar surface area (TPSA) is 66.5 Å². The first-order chi connectivity index (χ1) is 13.8. The Balaban J connectivity index is 1.61. The number of carbonyl (C=O) groups is 1. The van der Waals surface area contributed by atoms with Crippen molar-refractivity contribution in [1.82, 2.24) is 0 Å². The molecule has 1 aliphatic heterocycles. The SMILES string of the molecule is O=C(c1cccc(S(=O)(=O)Nc2ccc(F)cc2)c1)N1CCc2cc(Br)ccc21. The fourth-order valence-corrected chi connectivity index (χ4v) is 4.78. The molecule has 0 aromatic heterocycles. The smallest absolute Gasteiger partial charge is 0.261 e. The van der Waals surface area contributed by atoms with Gasteiger partial charge in [-0.1, -0.05) is 22.0 Å². The Morgan fingerprint density at radius 3 is 2.55 bits per heavy atom. The highest BCUT2D eigenvalue weighted by Gasteiger charge is 2.26. The first-order valence-corrected chi connectivity index (χ1v) is 11.1. The van der Waals surface area contributed by atoms with Crippen molar-refractivity contribution in [3.63, 3.8) is 0 Å². The number of halogens is 2. The van der Waals surface area contributed by atoms with Crippen LogP contribution in [0.3, 0.4) is 0 Å². The van der Waals surface area contributed by atoms with Gasteiger partial charge in [0.05, 0.1) is 4.90 Å². The lowest BCUT2D eigenvalue weighted by Crippen LogP contribution is -2.29. The van der Waals surface area contributed by atoms with E-state index in [0.717, 1.165) is 22.1 Å². The molecule has 1 N–H and O–H groups in total. The second-order valence-electron chi connectivity index (χ2n) is 6.62. The Morgan fingerprint density at radius 1 is 1.03 bits per heavy atom. The van der Waals surface area contributed by atoms with Crippen LogP contribution in [0.5, 0.6) is 0 Å². The van der Waals surface area contributed by atoms with Crippen LogP contribution in [0.2, 0.25) is 0 Å². The van der Waals surface area contributed by atoms with Gasteiger partial charge in [-0.2, -0.15) is 0 Å². The summed E-state index contributed by atoms with van der Waals surface area (Å²) in [6, 6.07) is 16.6. The number of nitrogens with one attached hydrogen (secondary N) is 1. The first kappa shape index (κ1) is 19.6. The zero-order valence-corrected chi connectivity index (χ0v) is 17.5. The largest absolute Gasteiger partial charge is 0.308 e. The number of hydrogen-bond acceptors (Lipinski definition) is 3. The van der Waals surface area contributed by atoms with E-state index < -0.39 is 15.8 Å². The van der Waals surface area contributed by atoms with Gasteiger partial charge in [0.25, 0.3) is 15.9 Å². The molecule has 0 spiro atoms. The molecule has 1 heterocycles. The summed E-state index contributed by atoms with van der Waals surface area (Å²) in [5.41, 5.74) is 2.41. The van der Waals surface area contributed by atoms with Crippen LogP contribution in [0, 0.1) is 5.82 Å². The van der Waals surface area contributed by atoms with Crippen molar-refractivity contribution >= 4 is 43.2 Å². The standard InChI is InChI=1S/C21H16BrFN2O3S/c22-16-4-9-20-14(12-16)10-11-25(20)21(26)15-2-1-3-19(13-15)29(27,28)24-18-7-5-17(23)6-8-18/h1-9,12-13,24H,10-11H2. The second-order valence-corrected chi connectivity index (χ2v) is 9.22. The number of hydrogen-bond donors (Lipinski definition) is 1. The summed E-state index contributed by atoms with van der Waals surface area (Å²) in [7, 11) is -3.92. The Hall–Kier alpha value is -2.71. The zero-order chi connectivity index (χ0) is 20.6. The quantitative estimate of drug-likeness (QED) is 0.601. The molecule has 29 heavy (non-hydrogen) atoms. The number of amides is 1. The molecule has 148 valence electrons. The van der Waals surface area contributed by atoms with Crippen LogP contribution in [-0.4, -0.2) is 20.9 Å². The van der Waals surface area contributed by atoms with Crippen LogP contribution in [-0.2, 0) is 16.4 Å². The van der Waals surface area contributed by atoms with E-state index in [9.17, 15) is 17.6 Å². The minimum atomic E-state index is -3.92. The molecule has 0 saturated carbocycles. The minimum absolute atomic E-state index is 0.0390. The molecule has 0 bridgehead atoms. The summed E-state index contributed by atoms with van der Waals surface area (Å²) in [5, 5.41) is 0. The van der Waals surface area contributed by atoms with Crippen molar-refractivity contribution in [1.29, 1.82) is 0 Å². The second kappa shape index (κ2) is 7.61. The molecule has 5 nitrogen and oxygen atoms in total. The maximum Gasteiger partial charge on any atom is 0.261 e. The van der Waals surface area contributed by atoms with E-state index in [0.29, 0.717) is 6.54 Å². The number of benzene rings is 3. The fraction of sp³-hybridized carbons (Fsp3) is 0.0952. The summed E-state index contributed by atoms with van der Waals surface area (Å²) in [6.07, 6.45) is 0.741. The minimum Gasteiger partial charge on any atom is -0.308 e. The van der Waals surface area contributed by atoms with Gasteiger partial charge < -0.3 is 4.90 Å². The lowest BCUT2D eigenvalue weighted by atomic mass is 10.1. The predicted molar refractivity (Wildman–Crippen MR) is 113 cm³/mol. The highest BCUT2D eigenvalue weighted by molar-refractivity contribution is 9.10. The number of rotatable bonds is 4. The van der Waals surface area contributed by atoms with Gasteiger partial charge in [0.15, 0.2) is 0 Å². The third kappa shape index (κ3) is 4.04. The van der Waals surface area contributed by atoms with E-state index in [2.05, 4.69) is 20.7 Å². The van der Waals surface area contributed by atoms with Gasteiger partial charge in [-0.25, -0.2) is 12.8 Å². The van der Waals surface area contributed by atoms with Gasteiger partial charge in [0.2, 0.25) is 0 Å². The molecule has 0 fully saturated rings. The monoisotopic (exact) mass is 474 g/mol. The van der Waals surface area contributed by atoms with Crippen LogP contribution >= 0.6 is 15.9 Å². The molecule has 0 unspecified atom stereocenters. The van der Waals surface area contributed by atoms with E-state index >= 15 is 0 Å². The van der Waals surface area contributed by atoms with Crippen LogP contribution in [0.4, 0.5) is 15.8 Å². The number of fused-ring (bicyclic) bond motifs is 1. The van der Waals surface area contributed by atoms with E-state index in [4.69, 9.17) is 0 Å². The molecular weight excluding hydrogens is 459 g/mol. The van der Waals surface area contributed by atoms with Gasteiger partial charge in [-0.3, -0.25) is 9.52 Å². The van der Waals surface area contributed by atoms with E-state index in [1.165, 1.54) is 42.5 Å². The van der Waals surface area contributed by atoms with Gasteiger partial charge in [-0.05, 0) is 72.6 Å². The molecular formula is C21H16BrFN2O3S. The first-order valence-electron chi connectivity index (χ1n) is 8.82. The third-order valence-corrected chi connectivity index (χ3v) is 6.54. The summed E-state index contributed by atoms with van der Waals surface area (Å²) in [6.45, 7) is 0.537. The molecule has 0 radical (unpaired) electrons. The van der Waals surface area contributed by atoms with Crippen LogP contribution < -0.4 is 9.62 Å². The van der Waals surface area contributed by atoms with Crippen LogP contribution in [0.15, 0.2) is 76.1 Å². The van der Waals surface area contributed by atoms with Gasteiger partial charge in [0, 0.05) is 28.0 Å². The summed E-state index contributed by atoms with van der Waals surface area (Å²) < 4.78 is 41.7. The Kier molecular flexibility index (Phi) is 5.14. The number of sulfonamides is 1. The maximum atomic E-state index is 13.0. The van der Waals surface area contributed by atoms with Crippen molar-refractivity contribution in [2.75, 3.05) is 16.2 Å². The molecule has 0 aliphatic carbocycles. The summed E-state index contributed by atoms with van der Waals surface area (Å²) in [4.78, 5) is 14.6. The number of anilines is 2. The van der Waals surface area contributed by atoms with Gasteiger partial charge in [0.1, 0.15) is 5.82 Å². The molecule has 0 saturated heterocycles. The molecule has 1 amide bonds. The number of carbonyl (C=O) groups excluding carboxylic acids is 1. The van der Waals surface area contributed by atoms with Crippen molar-refractivity contribution in [3.05, 3.63) is 88.1 Å². The highest BCUT2D eigenvalue weighted by atomic mass is 79.9. The Morgan fingerprint density at radius 2 is 1.79 bits per heavy atom. The van der Waals surface area contributed by atoms with Crippen molar-refractivity contribution < 1.29 is 17.6 Å². The molecule has 4 rings (SSSR count). The molecule has 1 aliphatic rings. The van der Waals surface area contributed by atoms with Crippen molar-refractivity contribution in [3.8, 4) is 0 Å². The predicted octanol–water partition coefficient (Wildman–Crippen LogP) is 4.59. The summed E-state index contributed by atoms with van der Waals surface area (Å²) in [5.74, 6) is -0.719. The van der Waals surface area contributed by atoms with Crippen LogP contribution in [0.25, 0.3) is 0 Å². The highest BCUT2D eigenvalue weighted by Crippen LogP contribution is 2.32. The Bertz CT molecular complexity index is 1200. The maximum absolute atomic E-state index is 13.0. The zero-order valence-electron chi connectivity index (χ0n) is 15.1. The lowest BCUT2D eigenvalue weighted by molar-refractivity contribution is 0.0989. The average molecular weight is 475 g/mol. The third-order valence-electron chi connectivity index (χ3n) is 4.67. The molecule has 0 atom stereocenters. The van der Waals surface area contributed by atoms with Gasteiger partial charge in [-0.15, -0.1) is 0 Å². The average Bonchev–Trinajstić information content (AvgIpc) is 3.12. The Labute approximate surface area is 176 Å². The van der Waals surface area contributed by atoms with Crippen molar-refractivity contribution in [2.45, 2.75) is 11.3 Å². The van der Waals surface area contributed by atoms with E-state index in [1.807, 2.05) is 18.2 Å². The molecule has 3 aromatic rings. The number of nitrogens with zero attached hydrogens (tertiary/aromatic N) is 1. The van der Waals surface area contributed by atoms with Crippen molar-refractivity contribution in [2.24, 2.45) is 0 Å². The van der Waals surface area contributed by atoms with E-state index in [-0.39, 0.29) is 22.1 Å². The molecule has 8 heteroatoms. The van der Waals surface area contributed by atoms with E-state index in [1.54, 1.807) is 11.0 Å². The molecule has 3 aromatic carbocycles. The fourth-order valence-electron chi connectivity index (χ4n) is 3.27. The summed E-state index contributed by atoms with van der Waals surface area (Å²) >= 11 is 3.43.